The molecule has 0 aromatic heterocycles. The summed E-state index contributed by atoms with van der Waals surface area (Å²) in [5.74, 6) is 0.786. The molecular weight excluding hydrogens is 414 g/mol. The van der Waals surface area contributed by atoms with Crippen molar-refractivity contribution >= 4 is 17.7 Å². The molecule has 3 unspecified atom stereocenters. The Morgan fingerprint density at radius 3 is 2.70 bits per heavy atom. The van der Waals surface area contributed by atoms with Crippen LogP contribution in [0, 0.1) is 11.8 Å². The van der Waals surface area contributed by atoms with Crippen LogP contribution in [0.5, 0.6) is 0 Å². The van der Waals surface area contributed by atoms with E-state index in [1.807, 2.05) is 6.07 Å². The third kappa shape index (κ3) is 4.86. The molecular formula is C27H37N3O3. The predicted molar refractivity (Wildman–Crippen MR) is 126 cm³/mol. The minimum atomic E-state index is -0.546. The molecule has 1 aromatic carbocycles. The molecule has 5 rings (SSSR count). The van der Waals surface area contributed by atoms with Crippen LogP contribution in [0.4, 0.5) is 0 Å². The average Bonchev–Trinajstić information content (AvgIpc) is 3.11. The van der Waals surface area contributed by atoms with Gasteiger partial charge in [-0.25, -0.2) is 0 Å². The second-order valence-electron chi connectivity index (χ2n) is 10.9. The third-order valence-corrected chi connectivity index (χ3v) is 8.38. The number of amides is 3. The van der Waals surface area contributed by atoms with Crippen LogP contribution < -0.4 is 10.6 Å². The van der Waals surface area contributed by atoms with Crippen molar-refractivity contribution in [3.8, 4) is 0 Å². The molecule has 2 N–H and O–H groups in total. The smallest absolute Gasteiger partial charge is 0.255 e. The van der Waals surface area contributed by atoms with Gasteiger partial charge in [0.05, 0.1) is 0 Å². The molecule has 2 aliphatic heterocycles. The maximum atomic E-state index is 13.0. The summed E-state index contributed by atoms with van der Waals surface area (Å²) >= 11 is 0. The zero-order valence-corrected chi connectivity index (χ0v) is 19.8. The number of imide groups is 1. The van der Waals surface area contributed by atoms with Gasteiger partial charge in [-0.05, 0) is 67.6 Å². The highest BCUT2D eigenvalue weighted by molar-refractivity contribution is 6.05. The van der Waals surface area contributed by atoms with Crippen LogP contribution in [0.1, 0.15) is 92.6 Å². The standard InChI is InChI=1S/C27H37N3O3/c1-17-5-4-7-21(13-17)28-23-8-3-2-6-19(23)14-18-9-10-22-20(15-18)16-30(27(22)33)24-11-12-25(31)29-26(24)32/h9-10,15,17,19,21,23-24,28H,2-8,11-14,16H2,1H3,(H,29,31,32)/t17?,19-,21?,23+,24?/m1/s1. The second kappa shape index (κ2) is 9.57. The van der Waals surface area contributed by atoms with Crippen LogP contribution in [0.25, 0.3) is 0 Å². The molecule has 3 fully saturated rings. The highest BCUT2D eigenvalue weighted by Gasteiger charge is 2.39. The fraction of sp³-hybridized carbons (Fsp3) is 0.667. The van der Waals surface area contributed by atoms with E-state index < -0.39 is 6.04 Å². The number of nitrogens with zero attached hydrogens (tertiary/aromatic N) is 1. The first-order valence-electron chi connectivity index (χ1n) is 13.0. The van der Waals surface area contributed by atoms with Gasteiger partial charge in [-0.1, -0.05) is 44.7 Å². The number of carbonyl (C=O) groups excluding carboxylic acids is 3. The van der Waals surface area contributed by atoms with E-state index in [0.717, 1.165) is 17.9 Å². The van der Waals surface area contributed by atoms with Crippen molar-refractivity contribution in [2.45, 2.75) is 102 Å². The summed E-state index contributed by atoms with van der Waals surface area (Å²) in [4.78, 5) is 38.4. The predicted octanol–water partition coefficient (Wildman–Crippen LogP) is 3.72. The van der Waals surface area contributed by atoms with Crippen LogP contribution >= 0.6 is 0 Å². The molecule has 33 heavy (non-hydrogen) atoms. The molecule has 3 amide bonds. The van der Waals surface area contributed by atoms with E-state index in [1.54, 1.807) is 4.90 Å². The van der Waals surface area contributed by atoms with Crippen molar-refractivity contribution in [3.05, 3.63) is 34.9 Å². The average molecular weight is 452 g/mol. The van der Waals surface area contributed by atoms with Gasteiger partial charge in [0.25, 0.3) is 5.91 Å². The summed E-state index contributed by atoms with van der Waals surface area (Å²) in [5.41, 5.74) is 3.02. The van der Waals surface area contributed by atoms with Gasteiger partial charge >= 0.3 is 0 Å². The zero-order valence-electron chi connectivity index (χ0n) is 19.8. The first-order chi connectivity index (χ1) is 16.0. The Labute approximate surface area is 196 Å². The first kappa shape index (κ1) is 22.6. The summed E-state index contributed by atoms with van der Waals surface area (Å²) in [7, 11) is 0. The number of hydrogen-bond donors (Lipinski definition) is 2. The Hall–Kier alpha value is -2.21. The van der Waals surface area contributed by atoms with E-state index in [4.69, 9.17) is 0 Å². The summed E-state index contributed by atoms with van der Waals surface area (Å²) in [6.07, 6.45) is 12.2. The van der Waals surface area contributed by atoms with Crippen LogP contribution in [0.3, 0.4) is 0 Å². The monoisotopic (exact) mass is 451 g/mol. The lowest BCUT2D eigenvalue weighted by molar-refractivity contribution is -0.136. The van der Waals surface area contributed by atoms with Crippen molar-refractivity contribution in [3.63, 3.8) is 0 Å². The van der Waals surface area contributed by atoms with E-state index in [9.17, 15) is 14.4 Å². The Morgan fingerprint density at radius 1 is 1.03 bits per heavy atom. The van der Waals surface area contributed by atoms with Gasteiger partial charge in [-0.15, -0.1) is 0 Å². The molecule has 1 aromatic rings. The Balaban J connectivity index is 1.25. The van der Waals surface area contributed by atoms with E-state index >= 15 is 0 Å². The van der Waals surface area contributed by atoms with Crippen molar-refractivity contribution < 1.29 is 14.4 Å². The van der Waals surface area contributed by atoms with E-state index in [-0.39, 0.29) is 24.1 Å². The fourth-order valence-electron chi connectivity index (χ4n) is 6.62. The SMILES string of the molecule is CC1CCCC(N[C@H]2CCCC[C@@H]2Cc2ccc3c(c2)CN(C2CCC(=O)NC2=O)C3=O)C1. The Bertz CT molecular complexity index is 929. The molecule has 2 aliphatic carbocycles. The number of rotatable bonds is 5. The Kier molecular flexibility index (Phi) is 6.55. The van der Waals surface area contributed by atoms with Crippen molar-refractivity contribution in [2.75, 3.05) is 0 Å². The zero-order chi connectivity index (χ0) is 22.9. The quantitative estimate of drug-likeness (QED) is 0.669. The van der Waals surface area contributed by atoms with Gasteiger partial charge < -0.3 is 10.2 Å². The van der Waals surface area contributed by atoms with Gasteiger partial charge in [0, 0.05) is 30.6 Å². The van der Waals surface area contributed by atoms with Crippen molar-refractivity contribution in [1.29, 1.82) is 0 Å². The van der Waals surface area contributed by atoms with E-state index in [0.29, 0.717) is 36.5 Å². The molecule has 2 heterocycles. The van der Waals surface area contributed by atoms with Crippen LogP contribution in [-0.2, 0) is 22.6 Å². The molecule has 2 saturated carbocycles. The lowest BCUT2D eigenvalue weighted by atomic mass is 9.79. The van der Waals surface area contributed by atoms with Gasteiger partial charge in [0.1, 0.15) is 6.04 Å². The molecule has 0 bridgehead atoms. The number of fused-ring (bicyclic) bond motifs is 1. The number of benzene rings is 1. The first-order valence-corrected chi connectivity index (χ1v) is 13.0. The number of piperidine rings is 1. The van der Waals surface area contributed by atoms with Crippen molar-refractivity contribution in [2.24, 2.45) is 11.8 Å². The van der Waals surface area contributed by atoms with Gasteiger partial charge in [0.15, 0.2) is 0 Å². The molecule has 4 aliphatic rings. The van der Waals surface area contributed by atoms with Gasteiger partial charge in [-0.3, -0.25) is 19.7 Å². The normalized spacial score (nSPS) is 32.6. The highest BCUT2D eigenvalue weighted by Crippen LogP contribution is 2.33. The van der Waals surface area contributed by atoms with Gasteiger partial charge in [0.2, 0.25) is 11.8 Å². The molecule has 6 nitrogen and oxygen atoms in total. The molecule has 0 radical (unpaired) electrons. The Morgan fingerprint density at radius 2 is 1.88 bits per heavy atom. The fourth-order valence-corrected chi connectivity index (χ4v) is 6.62. The molecule has 1 saturated heterocycles. The van der Waals surface area contributed by atoms with Crippen LogP contribution in [-0.4, -0.2) is 40.7 Å². The summed E-state index contributed by atoms with van der Waals surface area (Å²) in [5, 5.41) is 6.42. The maximum absolute atomic E-state index is 13.0. The number of hydrogen-bond acceptors (Lipinski definition) is 4. The summed E-state index contributed by atoms with van der Waals surface area (Å²) in [6.45, 7) is 2.84. The lowest BCUT2D eigenvalue weighted by Gasteiger charge is -2.38. The van der Waals surface area contributed by atoms with Crippen molar-refractivity contribution in [1.82, 2.24) is 15.5 Å². The lowest BCUT2D eigenvalue weighted by Crippen LogP contribution is -2.52. The van der Waals surface area contributed by atoms with E-state index in [2.05, 4.69) is 29.7 Å². The summed E-state index contributed by atoms with van der Waals surface area (Å²) < 4.78 is 0. The molecule has 6 heteroatoms. The molecule has 178 valence electrons. The van der Waals surface area contributed by atoms with E-state index in [1.165, 1.54) is 56.9 Å². The minimum absolute atomic E-state index is 0.0883. The number of nitrogens with one attached hydrogen (secondary N) is 2. The maximum Gasteiger partial charge on any atom is 0.255 e. The molecule has 0 spiro atoms. The highest BCUT2D eigenvalue weighted by atomic mass is 16.2. The third-order valence-electron chi connectivity index (χ3n) is 8.38. The van der Waals surface area contributed by atoms with Gasteiger partial charge in [-0.2, -0.15) is 0 Å². The largest absolute Gasteiger partial charge is 0.322 e. The minimum Gasteiger partial charge on any atom is -0.322 e. The summed E-state index contributed by atoms with van der Waals surface area (Å²) in [6, 6.07) is 6.96. The second-order valence-corrected chi connectivity index (χ2v) is 10.9. The van der Waals surface area contributed by atoms with Crippen LogP contribution in [0.2, 0.25) is 0 Å². The topological polar surface area (TPSA) is 78.5 Å². The molecule has 5 atom stereocenters. The van der Waals surface area contributed by atoms with Crippen LogP contribution in [0.15, 0.2) is 18.2 Å². The number of carbonyl (C=O) groups is 3.